The standard InChI is InChI=1S/C18H16N4O3/c1-24-16-9-12-7-8-21(11-13(12)10-17(16)25-2)18(23)22-15-6-4-3-5-14(15)19-20-22/h3,5,9-10H,7-8,11H2,1-2H3. The van der Waals surface area contributed by atoms with Crippen LogP contribution in [0, 0.1) is 0 Å². The molecule has 0 radical (unpaired) electrons. The monoisotopic (exact) mass is 336 g/mol. The van der Waals surface area contributed by atoms with Crippen molar-refractivity contribution in [3.05, 3.63) is 45.8 Å². The number of nitrogens with zero attached hydrogens (tertiary/aromatic N) is 4. The van der Waals surface area contributed by atoms with Crippen LogP contribution in [0.2, 0.25) is 0 Å². The van der Waals surface area contributed by atoms with Gasteiger partial charge in [-0.3, -0.25) is 0 Å². The number of aromatic nitrogens is 3. The fourth-order valence-corrected chi connectivity index (χ4v) is 3.07. The molecule has 2 heterocycles. The SMILES string of the molecule is COc1cc2c(cc1OC)CN(C(=O)n1nnc3c1=C=C=CC=3)CC2. The van der Waals surface area contributed by atoms with Crippen molar-refractivity contribution in [3.63, 3.8) is 0 Å². The zero-order valence-electron chi connectivity index (χ0n) is 13.9. The van der Waals surface area contributed by atoms with E-state index in [-0.39, 0.29) is 6.03 Å². The van der Waals surface area contributed by atoms with E-state index in [1.807, 2.05) is 12.1 Å². The van der Waals surface area contributed by atoms with E-state index in [4.69, 9.17) is 9.47 Å². The molecule has 1 aliphatic heterocycles. The van der Waals surface area contributed by atoms with Crippen LogP contribution in [0.25, 0.3) is 11.8 Å². The number of rotatable bonds is 2. The lowest BCUT2D eigenvalue weighted by atomic mass is 9.99. The number of methoxy groups -OCH3 is 2. The number of benzene rings is 1. The van der Waals surface area contributed by atoms with Crippen LogP contribution in [0.3, 0.4) is 0 Å². The summed E-state index contributed by atoms with van der Waals surface area (Å²) in [4.78, 5) is 14.6. The number of amides is 1. The second-order valence-corrected chi connectivity index (χ2v) is 5.77. The molecule has 1 aromatic carbocycles. The molecule has 0 atom stereocenters. The zero-order valence-corrected chi connectivity index (χ0v) is 13.9. The first-order chi connectivity index (χ1) is 12.2. The highest BCUT2D eigenvalue weighted by Crippen LogP contribution is 2.33. The average Bonchev–Trinajstić information content (AvgIpc) is 3.09. The normalized spacial score (nSPS) is 14.2. The van der Waals surface area contributed by atoms with Crippen molar-refractivity contribution in [3.8, 4) is 11.5 Å². The van der Waals surface area contributed by atoms with Crippen molar-refractivity contribution in [2.75, 3.05) is 20.8 Å². The van der Waals surface area contributed by atoms with Crippen LogP contribution in [0.15, 0.2) is 23.9 Å². The van der Waals surface area contributed by atoms with Gasteiger partial charge in [0, 0.05) is 13.1 Å². The number of hydrogen-bond acceptors (Lipinski definition) is 5. The summed E-state index contributed by atoms with van der Waals surface area (Å²) in [6.45, 7) is 1.08. The van der Waals surface area contributed by atoms with Crippen molar-refractivity contribution < 1.29 is 14.3 Å². The summed E-state index contributed by atoms with van der Waals surface area (Å²) in [5.74, 6) is 1.36. The second kappa shape index (κ2) is 5.98. The number of ether oxygens (including phenoxy) is 2. The van der Waals surface area contributed by atoms with Gasteiger partial charge in [-0.05, 0) is 47.6 Å². The predicted molar refractivity (Wildman–Crippen MR) is 89.7 cm³/mol. The molecule has 1 aliphatic carbocycles. The summed E-state index contributed by atoms with van der Waals surface area (Å²) in [6.07, 6.45) is 4.19. The van der Waals surface area contributed by atoms with E-state index < -0.39 is 0 Å². The number of fused-ring (bicyclic) bond motifs is 2. The Morgan fingerprint density at radius 3 is 2.72 bits per heavy atom. The Balaban J connectivity index is 1.67. The molecule has 2 aliphatic rings. The van der Waals surface area contributed by atoms with Crippen molar-refractivity contribution in [1.29, 1.82) is 0 Å². The molecule has 0 unspecified atom stereocenters. The third kappa shape index (κ3) is 2.52. The Morgan fingerprint density at radius 2 is 1.96 bits per heavy atom. The first kappa shape index (κ1) is 15.3. The van der Waals surface area contributed by atoms with Crippen LogP contribution in [0.4, 0.5) is 4.79 Å². The van der Waals surface area contributed by atoms with E-state index in [1.54, 1.807) is 31.3 Å². The van der Waals surface area contributed by atoms with Gasteiger partial charge < -0.3 is 14.4 Å². The van der Waals surface area contributed by atoms with Crippen LogP contribution in [-0.2, 0) is 13.0 Å². The van der Waals surface area contributed by atoms with Gasteiger partial charge >= 0.3 is 6.03 Å². The first-order valence-electron chi connectivity index (χ1n) is 7.88. The third-order valence-corrected chi connectivity index (χ3v) is 4.38. The molecule has 7 nitrogen and oxygen atoms in total. The molecule has 0 spiro atoms. The van der Waals surface area contributed by atoms with E-state index >= 15 is 0 Å². The first-order valence-corrected chi connectivity index (χ1v) is 7.88. The molecule has 1 amide bonds. The quantitative estimate of drug-likeness (QED) is 0.733. The van der Waals surface area contributed by atoms with Gasteiger partial charge in [-0.1, -0.05) is 10.9 Å². The van der Waals surface area contributed by atoms with Gasteiger partial charge in [-0.15, -0.1) is 5.10 Å². The molecule has 0 bridgehead atoms. The molecule has 25 heavy (non-hydrogen) atoms. The summed E-state index contributed by atoms with van der Waals surface area (Å²) in [5.41, 5.74) is 7.93. The Morgan fingerprint density at radius 1 is 1.20 bits per heavy atom. The van der Waals surface area contributed by atoms with Gasteiger partial charge in [0.25, 0.3) is 0 Å². The lowest BCUT2D eigenvalue weighted by molar-refractivity contribution is 0.189. The van der Waals surface area contributed by atoms with Gasteiger partial charge in [0.1, 0.15) is 10.7 Å². The minimum Gasteiger partial charge on any atom is -0.493 e. The maximum Gasteiger partial charge on any atom is 0.347 e. The Bertz CT molecular complexity index is 1060. The molecule has 0 saturated carbocycles. The highest BCUT2D eigenvalue weighted by molar-refractivity contribution is 5.76. The maximum atomic E-state index is 12.9. The predicted octanol–water partition coefficient (Wildman–Crippen LogP) is 0.207. The van der Waals surface area contributed by atoms with Gasteiger partial charge in [0.05, 0.1) is 14.2 Å². The Labute approximate surface area is 143 Å². The summed E-state index contributed by atoms with van der Waals surface area (Å²) < 4.78 is 12.0. The Kier molecular flexibility index (Phi) is 3.65. The van der Waals surface area contributed by atoms with Crippen LogP contribution in [0.5, 0.6) is 11.5 Å². The van der Waals surface area contributed by atoms with Gasteiger partial charge in [-0.2, -0.15) is 4.68 Å². The van der Waals surface area contributed by atoms with Crippen molar-refractivity contribution in [2.24, 2.45) is 0 Å². The van der Waals surface area contributed by atoms with Crippen LogP contribution in [0.1, 0.15) is 11.1 Å². The van der Waals surface area contributed by atoms with Gasteiger partial charge in [0.15, 0.2) is 11.5 Å². The molecule has 0 fully saturated rings. The molecule has 4 rings (SSSR count). The molecule has 1 aromatic heterocycles. The average molecular weight is 336 g/mol. The number of allylic oxidation sites excluding steroid dienone is 1. The van der Waals surface area contributed by atoms with E-state index in [9.17, 15) is 4.79 Å². The lowest BCUT2D eigenvalue weighted by Gasteiger charge is -2.29. The van der Waals surface area contributed by atoms with E-state index in [2.05, 4.69) is 21.8 Å². The van der Waals surface area contributed by atoms with Crippen molar-refractivity contribution >= 4 is 17.8 Å². The maximum absolute atomic E-state index is 12.9. The summed E-state index contributed by atoms with van der Waals surface area (Å²) in [6, 6.07) is 3.68. The second-order valence-electron chi connectivity index (χ2n) is 5.77. The van der Waals surface area contributed by atoms with Crippen molar-refractivity contribution in [1.82, 2.24) is 19.9 Å². The highest BCUT2D eigenvalue weighted by Gasteiger charge is 2.25. The fraction of sp³-hybridized carbons (Fsp3) is 0.278. The topological polar surface area (TPSA) is 69.5 Å². The van der Waals surface area contributed by atoms with Gasteiger partial charge in [0.2, 0.25) is 0 Å². The van der Waals surface area contributed by atoms with Crippen molar-refractivity contribution in [2.45, 2.75) is 13.0 Å². The van der Waals surface area contributed by atoms with Crippen LogP contribution < -0.4 is 20.2 Å². The minimum absolute atomic E-state index is 0.223. The summed E-state index contributed by atoms with van der Waals surface area (Å²) in [5, 5.41) is 9.13. The fourth-order valence-electron chi connectivity index (χ4n) is 3.07. The zero-order chi connectivity index (χ0) is 17.4. The molecular formula is C18H16N4O3. The Hall–Kier alpha value is -3.27. The molecule has 0 N–H and O–H groups in total. The molecule has 0 saturated heterocycles. The third-order valence-electron chi connectivity index (χ3n) is 4.38. The highest BCUT2D eigenvalue weighted by atomic mass is 16.5. The largest absolute Gasteiger partial charge is 0.493 e. The molecule has 2 aromatic rings. The molecule has 126 valence electrons. The van der Waals surface area contributed by atoms with E-state index in [1.165, 1.54) is 4.68 Å². The summed E-state index contributed by atoms with van der Waals surface area (Å²) in [7, 11) is 3.22. The lowest BCUT2D eigenvalue weighted by Crippen LogP contribution is -2.44. The minimum atomic E-state index is -0.223. The molecular weight excluding hydrogens is 320 g/mol. The van der Waals surface area contributed by atoms with Crippen LogP contribution in [-0.4, -0.2) is 46.7 Å². The number of carbonyl (C=O) groups is 1. The number of carbonyl (C=O) groups excluding carboxylic acids is 1. The van der Waals surface area contributed by atoms with Crippen LogP contribution >= 0.6 is 0 Å². The van der Waals surface area contributed by atoms with Gasteiger partial charge in [-0.25, -0.2) is 4.79 Å². The van der Waals surface area contributed by atoms with E-state index in [0.29, 0.717) is 35.3 Å². The summed E-state index contributed by atoms with van der Waals surface area (Å²) >= 11 is 0. The smallest absolute Gasteiger partial charge is 0.347 e. The van der Waals surface area contributed by atoms with E-state index in [0.717, 1.165) is 17.5 Å². The molecule has 7 heteroatoms. The number of hydrogen-bond donors (Lipinski definition) is 0.